The summed E-state index contributed by atoms with van der Waals surface area (Å²) in [6, 6.07) is 0. The lowest BCUT2D eigenvalue weighted by atomic mass is 9.82. The van der Waals surface area contributed by atoms with E-state index in [1.807, 2.05) is 51.2 Å². The van der Waals surface area contributed by atoms with Crippen molar-refractivity contribution in [2.24, 2.45) is 29.6 Å². The van der Waals surface area contributed by atoms with Crippen LogP contribution in [0.3, 0.4) is 0 Å². The van der Waals surface area contributed by atoms with E-state index in [0.717, 1.165) is 29.6 Å². The Labute approximate surface area is 280 Å². The Morgan fingerprint density at radius 3 is 2.28 bits per heavy atom. The molecule has 1 heterocycles. The summed E-state index contributed by atoms with van der Waals surface area (Å²) in [6.45, 7) is 15.9. The number of carbonyl (C=O) groups excluding carboxylic acids is 5. The molecule has 0 saturated carbocycles. The Hall–Kier alpha value is -4.01. The molecule has 1 aliphatic heterocycles. The fourth-order valence-electron chi connectivity index (χ4n) is 5.38. The molecular formula is C38H54O9. The van der Waals surface area contributed by atoms with Crippen LogP contribution in [-0.4, -0.2) is 55.6 Å². The van der Waals surface area contributed by atoms with E-state index in [-0.39, 0.29) is 42.2 Å². The highest BCUT2D eigenvalue weighted by atomic mass is 16.6. The summed E-state index contributed by atoms with van der Waals surface area (Å²) < 4.78 is 21.0. The van der Waals surface area contributed by atoms with Gasteiger partial charge in [-0.2, -0.15) is 0 Å². The summed E-state index contributed by atoms with van der Waals surface area (Å²) in [7, 11) is 1.29. The predicted molar refractivity (Wildman–Crippen MR) is 182 cm³/mol. The minimum absolute atomic E-state index is 0.118. The Kier molecular flexibility index (Phi) is 18.3. The van der Waals surface area contributed by atoms with E-state index in [1.165, 1.54) is 33.1 Å². The summed E-state index contributed by atoms with van der Waals surface area (Å²) in [4.78, 5) is 60.7. The Morgan fingerprint density at radius 1 is 1.00 bits per heavy atom. The lowest BCUT2D eigenvalue weighted by Crippen LogP contribution is -2.39. The van der Waals surface area contributed by atoms with Gasteiger partial charge in [-0.25, -0.2) is 9.59 Å². The zero-order chi connectivity index (χ0) is 35.7. The maximum absolute atomic E-state index is 13.8. The zero-order valence-electron chi connectivity index (χ0n) is 29.7. The fraction of sp³-hybridized carbons (Fsp3) is 0.553. The maximum atomic E-state index is 13.8. The summed E-state index contributed by atoms with van der Waals surface area (Å²) in [5, 5.41) is 0. The summed E-state index contributed by atoms with van der Waals surface area (Å²) >= 11 is 0. The van der Waals surface area contributed by atoms with Crippen LogP contribution >= 0.6 is 0 Å². The molecule has 0 aromatic rings. The van der Waals surface area contributed by atoms with Gasteiger partial charge in [-0.1, -0.05) is 87.8 Å². The first-order valence-corrected chi connectivity index (χ1v) is 16.3. The van der Waals surface area contributed by atoms with E-state index < -0.39 is 35.8 Å². The number of hydrogen-bond donors (Lipinski definition) is 0. The topological polar surface area (TPSA) is 122 Å². The van der Waals surface area contributed by atoms with Gasteiger partial charge in [-0.05, 0) is 51.0 Å². The van der Waals surface area contributed by atoms with E-state index >= 15 is 0 Å². The highest BCUT2D eigenvalue weighted by Gasteiger charge is 2.35. The van der Waals surface area contributed by atoms with Crippen LogP contribution in [0.5, 0.6) is 0 Å². The molecule has 7 atom stereocenters. The monoisotopic (exact) mass is 654 g/mol. The molecule has 7 unspecified atom stereocenters. The largest absolute Gasteiger partial charge is 0.466 e. The van der Waals surface area contributed by atoms with Gasteiger partial charge in [-0.3, -0.25) is 14.4 Å². The van der Waals surface area contributed by atoms with Crippen molar-refractivity contribution in [3.05, 3.63) is 71.4 Å². The Balaban J connectivity index is 3.08. The van der Waals surface area contributed by atoms with Crippen molar-refractivity contribution < 1.29 is 42.9 Å². The summed E-state index contributed by atoms with van der Waals surface area (Å²) in [5.41, 5.74) is 2.69. The number of esters is 4. The summed E-state index contributed by atoms with van der Waals surface area (Å²) in [6.07, 6.45) is 17.5. The molecule has 0 saturated heterocycles. The van der Waals surface area contributed by atoms with E-state index in [2.05, 4.69) is 19.9 Å². The molecule has 47 heavy (non-hydrogen) atoms. The highest BCUT2D eigenvalue weighted by Crippen LogP contribution is 2.27. The first kappa shape index (κ1) is 41.0. The zero-order valence-corrected chi connectivity index (χ0v) is 29.7. The number of carbonyl (C=O) groups is 5. The summed E-state index contributed by atoms with van der Waals surface area (Å²) in [5.74, 6) is -3.46. The van der Waals surface area contributed by atoms with Crippen molar-refractivity contribution in [3.8, 4) is 0 Å². The third-order valence-corrected chi connectivity index (χ3v) is 7.91. The molecule has 1 aliphatic rings. The lowest BCUT2D eigenvalue weighted by molar-refractivity contribution is -0.155. The first-order valence-electron chi connectivity index (χ1n) is 16.3. The number of allylic oxidation sites excluding steroid dienone is 7. The molecule has 0 N–H and O–H groups in total. The number of rotatable bonds is 18. The van der Waals surface area contributed by atoms with Crippen molar-refractivity contribution >= 4 is 29.7 Å². The third-order valence-electron chi connectivity index (χ3n) is 7.91. The molecule has 0 aromatic heterocycles. The van der Waals surface area contributed by atoms with Crippen molar-refractivity contribution in [1.82, 2.24) is 0 Å². The second kappa shape index (κ2) is 21.0. The van der Waals surface area contributed by atoms with Crippen molar-refractivity contribution in [2.75, 3.05) is 13.7 Å². The van der Waals surface area contributed by atoms with Crippen LogP contribution in [0.4, 0.5) is 0 Å². The molecule has 9 nitrogen and oxygen atoms in total. The van der Waals surface area contributed by atoms with Crippen molar-refractivity contribution in [3.63, 3.8) is 0 Å². The second-order valence-electron chi connectivity index (χ2n) is 12.5. The minimum Gasteiger partial charge on any atom is -0.466 e. The van der Waals surface area contributed by atoms with Gasteiger partial charge in [0.25, 0.3) is 0 Å². The standard InChI is InChI=1S/C38H54O9/c1-11-32(16-17-34-27(5)15-18-35(41)47-34)20-24(2)13-12-14-25(3)21-33(23-45-30(8)39)37(43)29(7)38(46-31(9)40)28(6)19-26(4)22-36(42)44-10/h12,14-18,20-22,24,27-29,33-34,38H,11,13,19,23H2,1-10H3/b14-12+,17-16+,25-21+,26-22+,32-20-. The molecule has 260 valence electrons. The quantitative estimate of drug-likeness (QED) is 0.0666. The molecule has 0 fully saturated rings. The predicted octanol–water partition coefficient (Wildman–Crippen LogP) is 6.99. The third kappa shape index (κ3) is 15.9. The van der Waals surface area contributed by atoms with Crippen molar-refractivity contribution in [2.45, 2.75) is 93.8 Å². The van der Waals surface area contributed by atoms with Crippen LogP contribution in [0.15, 0.2) is 71.4 Å². The Morgan fingerprint density at radius 2 is 1.68 bits per heavy atom. The van der Waals surface area contributed by atoms with Crippen LogP contribution in [0.25, 0.3) is 0 Å². The van der Waals surface area contributed by atoms with Gasteiger partial charge in [-0.15, -0.1) is 0 Å². The van der Waals surface area contributed by atoms with Gasteiger partial charge in [0.1, 0.15) is 24.6 Å². The first-order chi connectivity index (χ1) is 22.1. The molecule has 9 heteroatoms. The molecule has 0 radical (unpaired) electrons. The smallest absolute Gasteiger partial charge is 0.331 e. The number of Topliss-reactive ketones (excluding diaryl/α,β-unsaturated/α-hetero) is 1. The maximum Gasteiger partial charge on any atom is 0.331 e. The Bertz CT molecular complexity index is 1280. The molecule has 1 rings (SSSR count). The fourth-order valence-corrected chi connectivity index (χ4v) is 5.38. The average molecular weight is 655 g/mol. The van der Waals surface area contributed by atoms with Gasteiger partial charge in [0.15, 0.2) is 0 Å². The van der Waals surface area contributed by atoms with Crippen LogP contribution in [0.1, 0.15) is 81.6 Å². The van der Waals surface area contributed by atoms with Gasteiger partial charge in [0, 0.05) is 31.9 Å². The molecule has 0 bridgehead atoms. The number of cyclic esters (lactones) is 1. The minimum atomic E-state index is -0.760. The van der Waals surface area contributed by atoms with Gasteiger partial charge < -0.3 is 18.9 Å². The number of ketones is 1. The lowest BCUT2D eigenvalue weighted by Gasteiger charge is -2.30. The van der Waals surface area contributed by atoms with E-state index in [4.69, 9.17) is 18.9 Å². The van der Waals surface area contributed by atoms with Crippen LogP contribution < -0.4 is 0 Å². The number of methoxy groups -OCH3 is 1. The number of hydrogen-bond acceptors (Lipinski definition) is 9. The second-order valence-corrected chi connectivity index (χ2v) is 12.5. The molecule has 0 spiro atoms. The molecule has 0 aromatic carbocycles. The normalized spacial score (nSPS) is 20.7. The van der Waals surface area contributed by atoms with Gasteiger partial charge >= 0.3 is 23.9 Å². The number of ether oxygens (including phenoxy) is 4. The highest BCUT2D eigenvalue weighted by molar-refractivity contribution is 5.86. The van der Waals surface area contributed by atoms with E-state index in [9.17, 15) is 24.0 Å². The van der Waals surface area contributed by atoms with Gasteiger partial charge in [0.2, 0.25) is 0 Å². The van der Waals surface area contributed by atoms with Crippen LogP contribution in [-0.2, 0) is 42.9 Å². The average Bonchev–Trinajstić information content (AvgIpc) is 3.00. The molecule has 0 amide bonds. The van der Waals surface area contributed by atoms with Crippen LogP contribution in [0, 0.1) is 29.6 Å². The van der Waals surface area contributed by atoms with Crippen molar-refractivity contribution in [1.29, 1.82) is 0 Å². The molecular weight excluding hydrogens is 600 g/mol. The van der Waals surface area contributed by atoms with Gasteiger partial charge in [0.05, 0.1) is 18.9 Å². The van der Waals surface area contributed by atoms with Crippen LogP contribution in [0.2, 0.25) is 0 Å². The van der Waals surface area contributed by atoms with E-state index in [1.54, 1.807) is 19.9 Å². The van der Waals surface area contributed by atoms with E-state index in [0.29, 0.717) is 6.42 Å². The molecule has 0 aliphatic carbocycles. The SMILES string of the molecule is CCC(=C/C(C)C/C=C/C(C)=C/C(COC(C)=O)C(=O)C(C)C(OC(C)=O)C(C)C/C(C)=C/C(=O)OC)/C=C/C1OC(=O)C=CC1C.